The van der Waals surface area contributed by atoms with E-state index in [9.17, 15) is 9.36 Å². The van der Waals surface area contributed by atoms with Crippen LogP contribution in [0.25, 0.3) is 0 Å². The lowest BCUT2D eigenvalue weighted by Gasteiger charge is -2.55. The molecule has 0 spiro atoms. The average molecular weight is 532 g/mol. The van der Waals surface area contributed by atoms with Crippen LogP contribution in [-0.4, -0.2) is 68.2 Å². The Balaban J connectivity index is 4.15. The van der Waals surface area contributed by atoms with Crippen LogP contribution in [0.3, 0.4) is 0 Å². The Kier molecular flexibility index (Phi) is 15.4. The molecule has 0 fully saturated rings. The van der Waals surface area contributed by atoms with Crippen LogP contribution in [0.4, 0.5) is 0 Å². The maximum Gasteiger partial charge on any atom is 0.464 e. The highest BCUT2D eigenvalue weighted by Crippen LogP contribution is 2.60. The fourth-order valence-electron chi connectivity index (χ4n) is 4.05. The van der Waals surface area contributed by atoms with Gasteiger partial charge in [-0.05, 0) is 44.6 Å². The molecule has 8 nitrogen and oxygen atoms in total. The van der Waals surface area contributed by atoms with E-state index in [4.69, 9.17) is 28.4 Å². The summed E-state index contributed by atoms with van der Waals surface area (Å²) in [7, 11) is -2.78. The zero-order chi connectivity index (χ0) is 27.1. The van der Waals surface area contributed by atoms with Gasteiger partial charge in [0.15, 0.2) is 0 Å². The lowest BCUT2D eigenvalue weighted by Crippen LogP contribution is -2.77. The summed E-state index contributed by atoms with van der Waals surface area (Å²) >= 11 is 0. The number of hydrogen-bond donors (Lipinski definition) is 0. The Morgan fingerprint density at radius 2 is 1.22 bits per heavy atom. The largest absolute Gasteiger partial charge is 0.464 e. The van der Waals surface area contributed by atoms with Gasteiger partial charge in [-0.1, -0.05) is 52.7 Å². The second kappa shape index (κ2) is 16.8. The Morgan fingerprint density at radius 3 is 1.67 bits per heavy atom. The first-order valence-corrected chi connectivity index (χ1v) is 14.8. The summed E-state index contributed by atoms with van der Waals surface area (Å²) in [5.74, 6) is -3.59. The first-order valence-electron chi connectivity index (χ1n) is 13.5. The molecule has 0 amide bonds. The summed E-state index contributed by atoms with van der Waals surface area (Å²) in [6, 6.07) is 0. The number of carbonyl (C=O) groups excluding carboxylic acids is 1. The lowest BCUT2D eigenvalue weighted by atomic mass is 9.86. The molecule has 0 saturated carbocycles. The third kappa shape index (κ3) is 6.90. The van der Waals surface area contributed by atoms with Crippen molar-refractivity contribution >= 4 is 13.3 Å². The van der Waals surface area contributed by atoms with Crippen molar-refractivity contribution in [1.82, 2.24) is 0 Å². The van der Waals surface area contributed by atoms with Gasteiger partial charge in [0.1, 0.15) is 6.10 Å². The van der Waals surface area contributed by atoms with Crippen molar-refractivity contribution < 1.29 is 37.8 Å². The second-order valence-corrected chi connectivity index (χ2v) is 10.4. The predicted octanol–water partition coefficient (Wildman–Crippen LogP) is 6.11. The van der Waals surface area contributed by atoms with Crippen molar-refractivity contribution in [2.24, 2.45) is 0 Å². The summed E-state index contributed by atoms with van der Waals surface area (Å²) < 4.78 is 53.0. The fourth-order valence-corrected chi connectivity index (χ4v) is 5.53. The Morgan fingerprint density at radius 1 is 0.778 bits per heavy atom. The van der Waals surface area contributed by atoms with Gasteiger partial charge in [0, 0.05) is 18.8 Å². The Bertz CT molecular complexity index is 694. The molecule has 0 heterocycles. The average Bonchev–Trinajstić information content (AvgIpc) is 2.90. The van der Waals surface area contributed by atoms with Gasteiger partial charge in [0.2, 0.25) is 0 Å². The molecule has 0 aromatic rings. The normalized spacial score (nSPS) is 22.9. The Labute approximate surface area is 218 Å². The van der Waals surface area contributed by atoms with Gasteiger partial charge in [-0.25, -0.2) is 4.79 Å². The standard InChI is InChI=1S/C27H48O8P/c1-8-17-30-23-15-16-25(31-18-9-2,36(29)24(28)14-7)27(34-21-12-5,35-22-13-6)26(23,32-19-10-3)33-20-11-4/h14-16,23H,7-13,17-22H2,1-6H3/q+1. The molecule has 0 aromatic heterocycles. The van der Waals surface area contributed by atoms with E-state index in [0.717, 1.165) is 12.5 Å². The van der Waals surface area contributed by atoms with Gasteiger partial charge < -0.3 is 28.4 Å². The maximum absolute atomic E-state index is 14.1. The molecule has 3 atom stereocenters. The van der Waals surface area contributed by atoms with Gasteiger partial charge in [0.05, 0.1) is 33.0 Å². The van der Waals surface area contributed by atoms with Gasteiger partial charge in [-0.2, -0.15) is 0 Å². The van der Waals surface area contributed by atoms with Crippen LogP contribution < -0.4 is 0 Å². The van der Waals surface area contributed by atoms with Crippen LogP contribution in [0, 0.1) is 0 Å². The highest BCUT2D eigenvalue weighted by molar-refractivity contribution is 7.66. The SMILES string of the molecule is C=CC(=O)[P+](=O)C1(OCCC)C=CC(OCCC)C(OCCC)(OCCC)C1(OCCC)OCCC. The second-order valence-electron chi connectivity index (χ2n) is 8.71. The van der Waals surface area contributed by atoms with E-state index in [2.05, 4.69) is 6.58 Å². The molecule has 0 bridgehead atoms. The third-order valence-electron chi connectivity index (χ3n) is 5.57. The van der Waals surface area contributed by atoms with Gasteiger partial charge in [-0.3, -0.25) is 0 Å². The van der Waals surface area contributed by atoms with Gasteiger partial charge >= 0.3 is 24.5 Å². The predicted molar refractivity (Wildman–Crippen MR) is 141 cm³/mol. The monoisotopic (exact) mass is 531 g/mol. The number of ether oxygens (including phenoxy) is 6. The van der Waals surface area contributed by atoms with Crippen molar-refractivity contribution in [2.45, 2.75) is 103 Å². The van der Waals surface area contributed by atoms with E-state index in [1.807, 2.05) is 41.5 Å². The van der Waals surface area contributed by atoms with E-state index in [1.54, 1.807) is 12.2 Å². The fraction of sp³-hybridized carbons (Fsp3) is 0.815. The minimum absolute atomic E-state index is 0.209. The summed E-state index contributed by atoms with van der Waals surface area (Å²) in [6.45, 7) is 17.1. The topological polar surface area (TPSA) is 89.5 Å². The minimum Gasteiger partial charge on any atom is -0.368 e. The molecule has 208 valence electrons. The van der Waals surface area contributed by atoms with Crippen LogP contribution in [0.2, 0.25) is 0 Å². The molecule has 0 saturated heterocycles. The van der Waals surface area contributed by atoms with Crippen LogP contribution in [0.1, 0.15) is 80.1 Å². The van der Waals surface area contributed by atoms with Crippen molar-refractivity contribution in [3.8, 4) is 0 Å². The van der Waals surface area contributed by atoms with Crippen LogP contribution in [0.5, 0.6) is 0 Å². The van der Waals surface area contributed by atoms with Gasteiger partial charge in [-0.15, -0.1) is 0 Å². The molecule has 36 heavy (non-hydrogen) atoms. The number of rotatable bonds is 21. The highest BCUT2D eigenvalue weighted by Gasteiger charge is 2.82. The van der Waals surface area contributed by atoms with E-state index < -0.39 is 36.3 Å². The quantitative estimate of drug-likeness (QED) is 0.0758. The lowest BCUT2D eigenvalue weighted by molar-refractivity contribution is -0.457. The molecular weight excluding hydrogens is 483 g/mol. The van der Waals surface area contributed by atoms with Gasteiger partial charge in [0.25, 0.3) is 5.79 Å². The molecule has 0 N–H and O–H groups in total. The summed E-state index contributed by atoms with van der Waals surface area (Å²) in [5, 5.41) is -1.83. The molecule has 0 radical (unpaired) electrons. The van der Waals surface area contributed by atoms with Crippen LogP contribution >= 0.6 is 7.80 Å². The van der Waals surface area contributed by atoms with Crippen molar-refractivity contribution in [2.75, 3.05) is 39.6 Å². The highest BCUT2D eigenvalue weighted by atomic mass is 31.1. The first-order chi connectivity index (χ1) is 17.4. The van der Waals surface area contributed by atoms with Crippen LogP contribution in [0.15, 0.2) is 24.8 Å². The van der Waals surface area contributed by atoms with Crippen molar-refractivity contribution in [3.63, 3.8) is 0 Å². The van der Waals surface area contributed by atoms with Crippen molar-refractivity contribution in [3.05, 3.63) is 24.8 Å². The van der Waals surface area contributed by atoms with Crippen molar-refractivity contribution in [1.29, 1.82) is 0 Å². The molecule has 1 rings (SSSR count). The molecule has 0 aromatic carbocycles. The van der Waals surface area contributed by atoms with E-state index in [-0.39, 0.29) is 19.8 Å². The molecule has 9 heteroatoms. The smallest absolute Gasteiger partial charge is 0.368 e. The number of carbonyl (C=O) groups is 1. The molecule has 1 aliphatic rings. The summed E-state index contributed by atoms with van der Waals surface area (Å²) in [4.78, 5) is 13.0. The molecule has 1 aliphatic carbocycles. The first kappa shape index (κ1) is 33.0. The Hall–Kier alpha value is -0.990. The zero-order valence-corrected chi connectivity index (χ0v) is 24.1. The summed E-state index contributed by atoms with van der Waals surface area (Å²) in [6.07, 6.45) is 7.64. The van der Waals surface area contributed by atoms with E-state index in [0.29, 0.717) is 51.9 Å². The third-order valence-corrected chi connectivity index (χ3v) is 7.33. The summed E-state index contributed by atoms with van der Waals surface area (Å²) in [5.41, 5.74) is -0.664. The van der Waals surface area contributed by atoms with Crippen LogP contribution in [-0.2, 0) is 37.8 Å². The maximum atomic E-state index is 14.1. The van der Waals surface area contributed by atoms with E-state index in [1.165, 1.54) is 0 Å². The zero-order valence-electron chi connectivity index (χ0n) is 23.2. The van der Waals surface area contributed by atoms with E-state index >= 15 is 0 Å². The number of hydrogen-bond acceptors (Lipinski definition) is 8. The molecule has 3 unspecified atom stereocenters. The number of allylic oxidation sites excluding steroid dienone is 1. The molecule has 0 aliphatic heterocycles. The minimum atomic E-state index is -2.78. The molecular formula is C27H48O8P+.